The van der Waals surface area contributed by atoms with Crippen molar-refractivity contribution in [2.75, 3.05) is 13.2 Å². The molecule has 2 aliphatic rings. The van der Waals surface area contributed by atoms with E-state index in [1.165, 1.54) is 19.3 Å². The van der Waals surface area contributed by atoms with E-state index in [1.54, 1.807) is 5.57 Å². The van der Waals surface area contributed by atoms with Gasteiger partial charge in [0.2, 0.25) is 0 Å². The summed E-state index contributed by atoms with van der Waals surface area (Å²) in [6.07, 6.45) is 7.84. The molecule has 2 rings (SSSR count). The van der Waals surface area contributed by atoms with Crippen molar-refractivity contribution < 1.29 is 14.6 Å². The van der Waals surface area contributed by atoms with Crippen molar-refractivity contribution in [3.05, 3.63) is 11.6 Å². The number of aliphatic hydroxyl groups is 1. The second kappa shape index (κ2) is 5.51. The number of allylic oxidation sites excluding steroid dienone is 2. The van der Waals surface area contributed by atoms with Crippen molar-refractivity contribution in [1.82, 2.24) is 0 Å². The van der Waals surface area contributed by atoms with E-state index >= 15 is 0 Å². The maximum absolute atomic E-state index is 8.94. The normalized spacial score (nSPS) is 32.5. The zero-order chi connectivity index (χ0) is 12.3. The number of aliphatic hydroxyl groups excluding tert-OH is 1. The van der Waals surface area contributed by atoms with Gasteiger partial charge in [0.15, 0.2) is 6.29 Å². The summed E-state index contributed by atoms with van der Waals surface area (Å²) in [5.41, 5.74) is 2.02. The second-order valence-corrected chi connectivity index (χ2v) is 5.97. The molecule has 0 aromatic rings. The Morgan fingerprint density at radius 1 is 1.47 bits per heavy atom. The molecule has 1 saturated heterocycles. The summed E-state index contributed by atoms with van der Waals surface area (Å²) in [5.74, 6) is 0. The molecule has 0 radical (unpaired) electrons. The Bertz CT molecular complexity index is 283. The highest BCUT2D eigenvalue weighted by atomic mass is 16.7. The first kappa shape index (κ1) is 13.1. The molecule has 1 heterocycles. The number of rotatable bonds is 4. The minimum atomic E-state index is -0.112. The Morgan fingerprint density at radius 3 is 2.88 bits per heavy atom. The van der Waals surface area contributed by atoms with Crippen molar-refractivity contribution in [2.45, 2.75) is 58.3 Å². The molecule has 0 spiro atoms. The molecule has 2 unspecified atom stereocenters. The van der Waals surface area contributed by atoms with Crippen molar-refractivity contribution in [2.24, 2.45) is 5.41 Å². The van der Waals surface area contributed by atoms with Crippen LogP contribution in [0.4, 0.5) is 0 Å². The summed E-state index contributed by atoms with van der Waals surface area (Å²) in [5, 5.41) is 8.94. The van der Waals surface area contributed by atoms with Crippen molar-refractivity contribution in [3.8, 4) is 0 Å². The van der Waals surface area contributed by atoms with Crippen LogP contribution in [0.5, 0.6) is 0 Å². The van der Waals surface area contributed by atoms with Crippen LogP contribution in [0.3, 0.4) is 0 Å². The van der Waals surface area contributed by atoms with Gasteiger partial charge >= 0.3 is 0 Å². The fourth-order valence-corrected chi connectivity index (χ4v) is 2.41. The first-order chi connectivity index (χ1) is 8.09. The van der Waals surface area contributed by atoms with Gasteiger partial charge in [-0.15, -0.1) is 0 Å². The highest BCUT2D eigenvalue weighted by molar-refractivity contribution is 5.08. The Hall–Kier alpha value is -0.380. The van der Waals surface area contributed by atoms with Crippen LogP contribution in [-0.2, 0) is 9.47 Å². The molecule has 0 aromatic heterocycles. The fraction of sp³-hybridized carbons (Fsp3) is 0.857. The van der Waals surface area contributed by atoms with Crippen LogP contribution < -0.4 is 0 Å². The molecule has 98 valence electrons. The van der Waals surface area contributed by atoms with Gasteiger partial charge in [0.25, 0.3) is 0 Å². The van der Waals surface area contributed by atoms with Crippen LogP contribution >= 0.6 is 0 Å². The van der Waals surface area contributed by atoms with Crippen LogP contribution in [0, 0.1) is 5.41 Å². The Balaban J connectivity index is 1.71. The maximum Gasteiger partial charge on any atom is 0.158 e. The molecule has 1 aliphatic carbocycles. The molecular weight excluding hydrogens is 216 g/mol. The predicted octanol–water partition coefficient (Wildman–Crippen LogP) is 2.64. The molecule has 0 saturated carbocycles. The molecular formula is C14H24O3. The number of hydrogen-bond acceptors (Lipinski definition) is 3. The highest BCUT2D eigenvalue weighted by Crippen LogP contribution is 2.35. The summed E-state index contributed by atoms with van der Waals surface area (Å²) >= 11 is 0. The lowest BCUT2D eigenvalue weighted by Gasteiger charge is -2.28. The monoisotopic (exact) mass is 240 g/mol. The average molecular weight is 240 g/mol. The number of hydrogen-bond donors (Lipinski definition) is 1. The van der Waals surface area contributed by atoms with Crippen molar-refractivity contribution in [3.63, 3.8) is 0 Å². The lowest BCUT2D eigenvalue weighted by Crippen LogP contribution is -2.17. The minimum Gasteiger partial charge on any atom is -0.394 e. The van der Waals surface area contributed by atoms with Gasteiger partial charge in [-0.2, -0.15) is 0 Å². The average Bonchev–Trinajstić information content (AvgIpc) is 2.75. The van der Waals surface area contributed by atoms with Gasteiger partial charge in [0, 0.05) is 6.42 Å². The molecule has 3 nitrogen and oxygen atoms in total. The highest BCUT2D eigenvalue weighted by Gasteiger charge is 2.26. The predicted molar refractivity (Wildman–Crippen MR) is 66.6 cm³/mol. The quantitative estimate of drug-likeness (QED) is 0.768. The van der Waals surface area contributed by atoms with E-state index < -0.39 is 0 Å². The van der Waals surface area contributed by atoms with Gasteiger partial charge in [-0.25, -0.2) is 0 Å². The van der Waals surface area contributed by atoms with Gasteiger partial charge in [0.05, 0.1) is 13.2 Å². The van der Waals surface area contributed by atoms with E-state index in [2.05, 4.69) is 19.9 Å². The van der Waals surface area contributed by atoms with E-state index in [0.29, 0.717) is 12.0 Å². The van der Waals surface area contributed by atoms with Gasteiger partial charge in [-0.05, 0) is 31.1 Å². The van der Waals surface area contributed by atoms with E-state index in [-0.39, 0.29) is 19.0 Å². The van der Waals surface area contributed by atoms with E-state index in [1.807, 2.05) is 0 Å². The first-order valence-electron chi connectivity index (χ1n) is 6.65. The van der Waals surface area contributed by atoms with Crippen LogP contribution in [0.25, 0.3) is 0 Å². The Morgan fingerprint density at radius 2 is 2.29 bits per heavy atom. The first-order valence-corrected chi connectivity index (χ1v) is 6.65. The SMILES string of the molecule is CC1(C)CC=C(CCC2OCC(CO)O2)CC1. The Labute approximate surface area is 104 Å². The third-order valence-corrected chi connectivity index (χ3v) is 3.78. The molecule has 0 bridgehead atoms. The molecule has 0 aromatic carbocycles. The second-order valence-electron chi connectivity index (χ2n) is 5.97. The van der Waals surface area contributed by atoms with Crippen LogP contribution in [0.1, 0.15) is 46.0 Å². The summed E-state index contributed by atoms with van der Waals surface area (Å²) in [7, 11) is 0. The zero-order valence-corrected chi connectivity index (χ0v) is 10.9. The third-order valence-electron chi connectivity index (χ3n) is 3.78. The smallest absolute Gasteiger partial charge is 0.158 e. The summed E-state index contributed by atoms with van der Waals surface area (Å²) in [4.78, 5) is 0. The summed E-state index contributed by atoms with van der Waals surface area (Å²) < 4.78 is 11.0. The molecule has 1 aliphatic heterocycles. The van der Waals surface area contributed by atoms with E-state index in [0.717, 1.165) is 12.8 Å². The molecule has 17 heavy (non-hydrogen) atoms. The molecule has 1 fully saturated rings. The molecule has 2 atom stereocenters. The van der Waals surface area contributed by atoms with Crippen molar-refractivity contribution >= 4 is 0 Å². The lowest BCUT2D eigenvalue weighted by molar-refractivity contribution is -0.0688. The largest absolute Gasteiger partial charge is 0.394 e. The molecule has 3 heteroatoms. The summed E-state index contributed by atoms with van der Waals surface area (Å²) in [6.45, 7) is 5.26. The lowest BCUT2D eigenvalue weighted by atomic mass is 9.77. The number of ether oxygens (including phenoxy) is 2. The fourth-order valence-electron chi connectivity index (χ4n) is 2.41. The Kier molecular flexibility index (Phi) is 4.23. The van der Waals surface area contributed by atoms with Gasteiger partial charge in [-0.3, -0.25) is 0 Å². The third kappa shape index (κ3) is 3.80. The maximum atomic E-state index is 8.94. The summed E-state index contributed by atoms with van der Waals surface area (Å²) in [6, 6.07) is 0. The van der Waals surface area contributed by atoms with Gasteiger partial charge in [-0.1, -0.05) is 25.5 Å². The van der Waals surface area contributed by atoms with E-state index in [9.17, 15) is 0 Å². The molecule has 1 N–H and O–H groups in total. The topological polar surface area (TPSA) is 38.7 Å². The van der Waals surface area contributed by atoms with Gasteiger partial charge < -0.3 is 14.6 Å². The molecule has 0 amide bonds. The van der Waals surface area contributed by atoms with Crippen LogP contribution in [-0.4, -0.2) is 30.7 Å². The van der Waals surface area contributed by atoms with Gasteiger partial charge in [0.1, 0.15) is 6.10 Å². The van der Waals surface area contributed by atoms with Crippen LogP contribution in [0.15, 0.2) is 11.6 Å². The van der Waals surface area contributed by atoms with Crippen molar-refractivity contribution in [1.29, 1.82) is 0 Å². The standard InChI is InChI=1S/C14H24O3/c1-14(2)7-5-11(6-8-14)3-4-13-16-10-12(9-15)17-13/h5,12-13,15H,3-4,6-10H2,1-2H3. The van der Waals surface area contributed by atoms with E-state index in [4.69, 9.17) is 14.6 Å². The zero-order valence-electron chi connectivity index (χ0n) is 10.9. The van der Waals surface area contributed by atoms with Crippen LogP contribution in [0.2, 0.25) is 0 Å². The minimum absolute atomic E-state index is 0.0629.